The van der Waals surface area contributed by atoms with Crippen molar-refractivity contribution >= 4 is 11.9 Å². The van der Waals surface area contributed by atoms with Crippen LogP contribution in [0.25, 0.3) is 0 Å². The molecular formula is C24H29NO4. The molecule has 0 radical (unpaired) electrons. The Morgan fingerprint density at radius 3 is 2.21 bits per heavy atom. The number of benzene rings is 2. The monoisotopic (exact) mass is 395 g/mol. The molecule has 5 heteroatoms. The highest BCUT2D eigenvalue weighted by atomic mass is 16.5. The molecule has 1 unspecified atom stereocenters. The maximum Gasteiger partial charge on any atom is 0.308 e. The molecule has 5 nitrogen and oxygen atoms in total. The van der Waals surface area contributed by atoms with Crippen LogP contribution >= 0.6 is 0 Å². The molecule has 0 aromatic heterocycles. The molecule has 1 atom stereocenters. The summed E-state index contributed by atoms with van der Waals surface area (Å²) in [7, 11) is 0. The number of carbonyl (C=O) groups excluding carboxylic acids is 1. The van der Waals surface area contributed by atoms with Gasteiger partial charge in [-0.1, -0.05) is 45.0 Å². The number of aliphatic carboxylic acids is 1. The summed E-state index contributed by atoms with van der Waals surface area (Å²) in [6, 6.07) is 16.0. The minimum atomic E-state index is -0.895. The van der Waals surface area contributed by atoms with Crippen LogP contribution in [0.15, 0.2) is 48.5 Å². The second-order valence-corrected chi connectivity index (χ2v) is 8.34. The predicted octanol–water partition coefficient (Wildman–Crippen LogP) is 4.64. The van der Waals surface area contributed by atoms with E-state index in [0.717, 1.165) is 23.5 Å². The van der Waals surface area contributed by atoms with Crippen LogP contribution in [0.2, 0.25) is 0 Å². The Bertz CT molecular complexity index is 855. The molecule has 1 amide bonds. The Hall–Kier alpha value is -2.82. The van der Waals surface area contributed by atoms with Crippen molar-refractivity contribution in [3.63, 3.8) is 0 Å². The maximum absolute atomic E-state index is 11.9. The van der Waals surface area contributed by atoms with Crippen molar-refractivity contribution in [3.05, 3.63) is 59.7 Å². The Morgan fingerprint density at radius 2 is 1.69 bits per heavy atom. The third-order valence-electron chi connectivity index (χ3n) is 5.91. The quantitative estimate of drug-likeness (QED) is 0.707. The van der Waals surface area contributed by atoms with Crippen molar-refractivity contribution in [1.29, 1.82) is 0 Å². The van der Waals surface area contributed by atoms with Crippen molar-refractivity contribution in [2.75, 3.05) is 13.1 Å². The minimum absolute atomic E-state index is 0.0768. The van der Waals surface area contributed by atoms with Gasteiger partial charge in [-0.15, -0.1) is 0 Å². The van der Waals surface area contributed by atoms with Gasteiger partial charge in [0.15, 0.2) is 0 Å². The Morgan fingerprint density at radius 1 is 1.10 bits per heavy atom. The normalized spacial score (nSPS) is 16.9. The SMILES string of the molecule is CCC(C)(C)c1ccc(Oc2ccc(CCN3CC(C(=O)O)CC3=O)cc2)cc1. The lowest BCUT2D eigenvalue weighted by Gasteiger charge is -2.23. The first-order valence-corrected chi connectivity index (χ1v) is 10.2. The Kier molecular flexibility index (Phi) is 6.26. The Labute approximate surface area is 172 Å². The number of rotatable bonds is 8. The lowest BCUT2D eigenvalue weighted by molar-refractivity contribution is -0.141. The van der Waals surface area contributed by atoms with Crippen molar-refractivity contribution in [2.24, 2.45) is 5.92 Å². The van der Waals surface area contributed by atoms with Gasteiger partial charge in [0.2, 0.25) is 5.91 Å². The van der Waals surface area contributed by atoms with E-state index in [1.165, 1.54) is 5.56 Å². The molecule has 1 fully saturated rings. The molecule has 29 heavy (non-hydrogen) atoms. The van der Waals surface area contributed by atoms with Crippen LogP contribution in [0, 0.1) is 5.92 Å². The van der Waals surface area contributed by atoms with E-state index in [0.29, 0.717) is 19.5 Å². The van der Waals surface area contributed by atoms with Crippen LogP contribution < -0.4 is 4.74 Å². The second kappa shape index (κ2) is 8.68. The smallest absolute Gasteiger partial charge is 0.308 e. The summed E-state index contributed by atoms with van der Waals surface area (Å²) in [5.74, 6) is 0.0171. The molecule has 0 spiro atoms. The van der Waals surface area contributed by atoms with Crippen molar-refractivity contribution < 1.29 is 19.4 Å². The summed E-state index contributed by atoms with van der Waals surface area (Å²) in [5, 5.41) is 9.06. The fourth-order valence-electron chi connectivity index (χ4n) is 3.46. The zero-order valence-electron chi connectivity index (χ0n) is 17.4. The third kappa shape index (κ3) is 5.17. The van der Waals surface area contributed by atoms with Gasteiger partial charge in [-0.25, -0.2) is 0 Å². The van der Waals surface area contributed by atoms with E-state index in [2.05, 4.69) is 32.9 Å². The fourth-order valence-corrected chi connectivity index (χ4v) is 3.46. The summed E-state index contributed by atoms with van der Waals surface area (Å²) >= 11 is 0. The summed E-state index contributed by atoms with van der Waals surface area (Å²) in [4.78, 5) is 24.6. The number of carbonyl (C=O) groups is 2. The first-order valence-electron chi connectivity index (χ1n) is 10.2. The molecule has 1 N–H and O–H groups in total. The lowest BCUT2D eigenvalue weighted by Crippen LogP contribution is -2.28. The molecule has 1 saturated heterocycles. The number of amides is 1. The fraction of sp³-hybridized carbons (Fsp3) is 0.417. The summed E-state index contributed by atoms with van der Waals surface area (Å²) in [5.41, 5.74) is 2.54. The molecule has 1 heterocycles. The molecule has 2 aromatic rings. The van der Waals surface area contributed by atoms with Crippen LogP contribution in [0.4, 0.5) is 0 Å². The minimum Gasteiger partial charge on any atom is -0.481 e. The highest BCUT2D eigenvalue weighted by Gasteiger charge is 2.33. The van der Waals surface area contributed by atoms with E-state index in [4.69, 9.17) is 9.84 Å². The number of hydrogen-bond acceptors (Lipinski definition) is 3. The summed E-state index contributed by atoms with van der Waals surface area (Å²) in [6.45, 7) is 7.51. The third-order valence-corrected chi connectivity index (χ3v) is 5.91. The van der Waals surface area contributed by atoms with Gasteiger partial charge in [0, 0.05) is 19.5 Å². The largest absolute Gasteiger partial charge is 0.481 e. The number of carboxylic acids is 1. The summed E-state index contributed by atoms with van der Waals surface area (Å²) in [6.07, 6.45) is 1.88. The first-order chi connectivity index (χ1) is 13.8. The van der Waals surface area contributed by atoms with E-state index in [1.54, 1.807) is 4.90 Å². The Balaban J connectivity index is 1.54. The van der Waals surface area contributed by atoms with Crippen LogP contribution in [0.5, 0.6) is 11.5 Å². The molecule has 0 saturated carbocycles. The van der Waals surface area contributed by atoms with Crippen LogP contribution in [0.1, 0.15) is 44.7 Å². The van der Waals surface area contributed by atoms with Crippen LogP contribution in [0.3, 0.4) is 0 Å². The molecule has 0 bridgehead atoms. The van der Waals surface area contributed by atoms with Crippen molar-refractivity contribution in [1.82, 2.24) is 4.90 Å². The van der Waals surface area contributed by atoms with Gasteiger partial charge in [-0.2, -0.15) is 0 Å². The highest BCUT2D eigenvalue weighted by Crippen LogP contribution is 2.29. The topological polar surface area (TPSA) is 66.8 Å². The summed E-state index contributed by atoms with van der Waals surface area (Å²) < 4.78 is 5.94. The lowest BCUT2D eigenvalue weighted by atomic mass is 9.82. The van der Waals surface area contributed by atoms with Gasteiger partial charge in [0.1, 0.15) is 11.5 Å². The van der Waals surface area contributed by atoms with E-state index in [1.807, 2.05) is 36.4 Å². The van der Waals surface area contributed by atoms with Gasteiger partial charge in [0.25, 0.3) is 0 Å². The number of likely N-dealkylation sites (tertiary alicyclic amines) is 1. The molecule has 1 aliphatic rings. The molecule has 1 aliphatic heterocycles. The average Bonchev–Trinajstić information content (AvgIpc) is 3.09. The highest BCUT2D eigenvalue weighted by molar-refractivity contribution is 5.86. The zero-order valence-corrected chi connectivity index (χ0v) is 17.4. The molecular weight excluding hydrogens is 366 g/mol. The standard InChI is InChI=1S/C24H29NO4/c1-4-24(2,3)19-7-11-21(12-8-19)29-20-9-5-17(6-10-20)13-14-25-16-18(23(27)28)15-22(25)26/h5-12,18H,4,13-16H2,1-3H3,(H,27,28). The molecule has 0 aliphatic carbocycles. The van der Waals surface area contributed by atoms with E-state index in [-0.39, 0.29) is 17.7 Å². The molecule has 2 aromatic carbocycles. The number of carboxylic acid groups (broad SMARTS) is 1. The average molecular weight is 395 g/mol. The van der Waals surface area contributed by atoms with Crippen molar-refractivity contribution in [3.8, 4) is 11.5 Å². The van der Waals surface area contributed by atoms with Gasteiger partial charge in [0.05, 0.1) is 5.92 Å². The number of hydrogen-bond donors (Lipinski definition) is 1. The van der Waals surface area contributed by atoms with Gasteiger partial charge < -0.3 is 14.7 Å². The molecule has 154 valence electrons. The maximum atomic E-state index is 11.9. The first kappa shape index (κ1) is 20.9. The number of nitrogens with zero attached hydrogens (tertiary/aromatic N) is 1. The number of ether oxygens (including phenoxy) is 1. The van der Waals surface area contributed by atoms with E-state index >= 15 is 0 Å². The van der Waals surface area contributed by atoms with E-state index < -0.39 is 11.9 Å². The van der Waals surface area contributed by atoms with E-state index in [9.17, 15) is 9.59 Å². The van der Waals surface area contributed by atoms with Gasteiger partial charge >= 0.3 is 5.97 Å². The van der Waals surface area contributed by atoms with Crippen LogP contribution in [-0.4, -0.2) is 35.0 Å². The van der Waals surface area contributed by atoms with Gasteiger partial charge in [-0.05, 0) is 53.6 Å². The van der Waals surface area contributed by atoms with Crippen molar-refractivity contribution in [2.45, 2.75) is 45.4 Å². The second-order valence-electron chi connectivity index (χ2n) is 8.34. The molecule has 3 rings (SSSR count). The van der Waals surface area contributed by atoms with Crippen LogP contribution in [-0.2, 0) is 21.4 Å². The zero-order chi connectivity index (χ0) is 21.0. The predicted molar refractivity (Wildman–Crippen MR) is 112 cm³/mol. The van der Waals surface area contributed by atoms with Gasteiger partial charge in [-0.3, -0.25) is 9.59 Å².